The van der Waals surface area contributed by atoms with Gasteiger partial charge in [-0.05, 0) is 23.6 Å². The Kier molecular flexibility index (Phi) is 5.72. The van der Waals surface area contributed by atoms with Crippen LogP contribution in [0.2, 0.25) is 0 Å². The second-order valence-corrected chi connectivity index (χ2v) is 4.95. The molecule has 0 bridgehead atoms. The van der Waals surface area contributed by atoms with E-state index in [1.54, 1.807) is 7.11 Å². The molecule has 4 nitrogen and oxygen atoms in total. The summed E-state index contributed by atoms with van der Waals surface area (Å²) >= 11 is 0. The first-order valence-electron chi connectivity index (χ1n) is 7.25. The molecule has 0 aliphatic heterocycles. The molecule has 21 heavy (non-hydrogen) atoms. The van der Waals surface area contributed by atoms with Gasteiger partial charge in [0, 0.05) is 31.5 Å². The van der Waals surface area contributed by atoms with Gasteiger partial charge in [-0.3, -0.25) is 4.79 Å². The highest BCUT2D eigenvalue weighted by atomic mass is 16.5. The Labute approximate surface area is 125 Å². The summed E-state index contributed by atoms with van der Waals surface area (Å²) < 4.78 is 4.96. The van der Waals surface area contributed by atoms with Gasteiger partial charge >= 0.3 is 0 Å². The minimum atomic E-state index is -0.0445. The van der Waals surface area contributed by atoms with Crippen LogP contribution in [-0.4, -0.2) is 25.2 Å². The van der Waals surface area contributed by atoms with Gasteiger partial charge in [0.1, 0.15) is 0 Å². The molecule has 0 aliphatic carbocycles. The fourth-order valence-corrected chi connectivity index (χ4v) is 2.13. The molecule has 2 rings (SSSR count). The number of methoxy groups -OCH3 is 1. The Morgan fingerprint density at radius 1 is 1.14 bits per heavy atom. The Balaban J connectivity index is 2.08. The molecule has 0 atom stereocenters. The zero-order valence-corrected chi connectivity index (χ0v) is 12.6. The molecule has 0 saturated heterocycles. The molecule has 0 unspecified atom stereocenters. The monoisotopic (exact) mass is 286 g/mol. The first kappa shape index (κ1) is 15.5. The van der Waals surface area contributed by atoms with Crippen LogP contribution in [0, 0.1) is 0 Å². The maximum Gasteiger partial charge on any atom is 0.252 e. The molecule has 2 aromatic rings. The highest BCUT2D eigenvalue weighted by molar-refractivity contribution is 5.59. The van der Waals surface area contributed by atoms with E-state index in [2.05, 4.69) is 29.4 Å². The SMILES string of the molecule is CCc1ccc(-c2ccc(CNCCOC)c(=O)[nH]2)cc1. The number of pyridine rings is 1. The van der Waals surface area contributed by atoms with Gasteiger partial charge < -0.3 is 15.0 Å². The van der Waals surface area contributed by atoms with Crippen molar-refractivity contribution in [1.29, 1.82) is 0 Å². The maximum absolute atomic E-state index is 12.1. The summed E-state index contributed by atoms with van der Waals surface area (Å²) in [7, 11) is 1.66. The maximum atomic E-state index is 12.1. The number of aryl methyl sites for hydroxylation is 1. The van der Waals surface area contributed by atoms with Crippen molar-refractivity contribution in [2.75, 3.05) is 20.3 Å². The van der Waals surface area contributed by atoms with E-state index in [9.17, 15) is 4.79 Å². The molecular weight excluding hydrogens is 264 g/mol. The third-order valence-electron chi connectivity index (χ3n) is 3.46. The first-order chi connectivity index (χ1) is 10.2. The number of H-pyrrole nitrogens is 1. The lowest BCUT2D eigenvalue weighted by Gasteiger charge is -2.06. The summed E-state index contributed by atoms with van der Waals surface area (Å²) in [6, 6.07) is 12.1. The number of aromatic nitrogens is 1. The average molecular weight is 286 g/mol. The Morgan fingerprint density at radius 2 is 1.90 bits per heavy atom. The largest absolute Gasteiger partial charge is 0.383 e. The summed E-state index contributed by atoms with van der Waals surface area (Å²) in [6.07, 6.45) is 1.02. The Bertz CT molecular complexity index is 617. The molecule has 4 heteroatoms. The first-order valence-corrected chi connectivity index (χ1v) is 7.25. The van der Waals surface area contributed by atoms with Gasteiger partial charge in [-0.15, -0.1) is 0 Å². The summed E-state index contributed by atoms with van der Waals surface area (Å²) in [5.74, 6) is 0. The van der Waals surface area contributed by atoms with E-state index in [1.807, 2.05) is 24.3 Å². The fraction of sp³-hybridized carbons (Fsp3) is 0.353. The number of nitrogens with one attached hydrogen (secondary N) is 2. The van der Waals surface area contributed by atoms with E-state index >= 15 is 0 Å². The van der Waals surface area contributed by atoms with Crippen molar-refractivity contribution in [3.8, 4) is 11.3 Å². The lowest BCUT2D eigenvalue weighted by Crippen LogP contribution is -2.23. The van der Waals surface area contributed by atoms with Gasteiger partial charge in [0.2, 0.25) is 0 Å². The molecule has 112 valence electrons. The molecule has 0 radical (unpaired) electrons. The Morgan fingerprint density at radius 3 is 2.52 bits per heavy atom. The average Bonchev–Trinajstić information content (AvgIpc) is 2.53. The van der Waals surface area contributed by atoms with E-state index in [0.717, 1.165) is 29.8 Å². The third kappa shape index (κ3) is 4.28. The predicted molar refractivity (Wildman–Crippen MR) is 85.5 cm³/mol. The molecule has 1 aromatic carbocycles. The molecule has 0 fully saturated rings. The Hall–Kier alpha value is -1.91. The van der Waals surface area contributed by atoms with Gasteiger partial charge in [0.05, 0.1) is 6.61 Å². The number of ether oxygens (including phenoxy) is 1. The van der Waals surface area contributed by atoms with Gasteiger partial charge in [0.15, 0.2) is 0 Å². The second kappa shape index (κ2) is 7.76. The van der Waals surface area contributed by atoms with E-state index in [0.29, 0.717) is 13.2 Å². The zero-order chi connectivity index (χ0) is 15.1. The standard InChI is InChI=1S/C17H22N2O2/c1-3-13-4-6-14(7-5-13)16-9-8-15(17(20)19-16)12-18-10-11-21-2/h4-9,18H,3,10-12H2,1-2H3,(H,19,20). The number of hydrogen-bond acceptors (Lipinski definition) is 3. The van der Waals surface area contributed by atoms with E-state index < -0.39 is 0 Å². The molecule has 0 saturated carbocycles. The van der Waals surface area contributed by atoms with Crippen LogP contribution in [0.25, 0.3) is 11.3 Å². The van der Waals surface area contributed by atoms with Crippen LogP contribution >= 0.6 is 0 Å². The molecule has 0 spiro atoms. The topological polar surface area (TPSA) is 54.1 Å². The molecule has 1 aromatic heterocycles. The lowest BCUT2D eigenvalue weighted by molar-refractivity contribution is 0.199. The van der Waals surface area contributed by atoms with Crippen LogP contribution in [0.1, 0.15) is 18.1 Å². The van der Waals surface area contributed by atoms with Crippen molar-refractivity contribution in [1.82, 2.24) is 10.3 Å². The summed E-state index contributed by atoms with van der Waals surface area (Å²) in [6.45, 7) is 4.05. The van der Waals surface area contributed by atoms with E-state index in [1.165, 1.54) is 5.56 Å². The molecule has 0 amide bonds. The minimum Gasteiger partial charge on any atom is -0.383 e. The highest BCUT2D eigenvalue weighted by Crippen LogP contribution is 2.16. The minimum absolute atomic E-state index is 0.0445. The predicted octanol–water partition coefficient (Wildman–Crippen LogP) is 2.34. The van der Waals surface area contributed by atoms with Crippen LogP contribution in [-0.2, 0) is 17.7 Å². The highest BCUT2D eigenvalue weighted by Gasteiger charge is 2.03. The van der Waals surface area contributed by atoms with Crippen molar-refractivity contribution < 1.29 is 4.74 Å². The van der Waals surface area contributed by atoms with E-state index in [-0.39, 0.29) is 5.56 Å². The summed E-state index contributed by atoms with van der Waals surface area (Å²) in [5, 5.41) is 3.17. The normalized spacial score (nSPS) is 10.8. The van der Waals surface area contributed by atoms with Crippen molar-refractivity contribution in [3.05, 3.63) is 57.9 Å². The third-order valence-corrected chi connectivity index (χ3v) is 3.46. The van der Waals surface area contributed by atoms with Crippen LogP contribution in [0.15, 0.2) is 41.2 Å². The fourth-order valence-electron chi connectivity index (χ4n) is 2.13. The van der Waals surface area contributed by atoms with E-state index in [4.69, 9.17) is 4.74 Å². The molecule has 1 heterocycles. The molecule has 2 N–H and O–H groups in total. The van der Waals surface area contributed by atoms with Gasteiger partial charge in [0.25, 0.3) is 5.56 Å². The number of rotatable bonds is 7. The van der Waals surface area contributed by atoms with Crippen LogP contribution < -0.4 is 10.9 Å². The van der Waals surface area contributed by atoms with Crippen molar-refractivity contribution in [2.45, 2.75) is 19.9 Å². The summed E-state index contributed by atoms with van der Waals surface area (Å²) in [4.78, 5) is 15.0. The number of benzene rings is 1. The number of aromatic amines is 1. The smallest absolute Gasteiger partial charge is 0.252 e. The quantitative estimate of drug-likeness (QED) is 0.768. The van der Waals surface area contributed by atoms with Crippen molar-refractivity contribution in [3.63, 3.8) is 0 Å². The van der Waals surface area contributed by atoms with Crippen molar-refractivity contribution >= 4 is 0 Å². The van der Waals surface area contributed by atoms with Crippen LogP contribution in [0.5, 0.6) is 0 Å². The van der Waals surface area contributed by atoms with Gasteiger partial charge in [-0.2, -0.15) is 0 Å². The van der Waals surface area contributed by atoms with Gasteiger partial charge in [-0.1, -0.05) is 37.3 Å². The second-order valence-electron chi connectivity index (χ2n) is 4.95. The van der Waals surface area contributed by atoms with Crippen LogP contribution in [0.4, 0.5) is 0 Å². The van der Waals surface area contributed by atoms with Crippen molar-refractivity contribution in [2.24, 2.45) is 0 Å². The molecular formula is C17H22N2O2. The van der Waals surface area contributed by atoms with Gasteiger partial charge in [-0.25, -0.2) is 0 Å². The number of hydrogen-bond donors (Lipinski definition) is 2. The molecule has 0 aliphatic rings. The summed E-state index contributed by atoms with van der Waals surface area (Å²) in [5.41, 5.74) is 3.86. The van der Waals surface area contributed by atoms with Crippen LogP contribution in [0.3, 0.4) is 0 Å². The zero-order valence-electron chi connectivity index (χ0n) is 12.6. The lowest BCUT2D eigenvalue weighted by atomic mass is 10.1.